The Morgan fingerprint density at radius 2 is 2.00 bits per heavy atom. The Morgan fingerprint density at radius 1 is 1.30 bits per heavy atom. The summed E-state index contributed by atoms with van der Waals surface area (Å²) in [4.78, 5) is 35.8. The fourth-order valence-corrected chi connectivity index (χ4v) is 2.48. The number of ether oxygens (including phenoxy) is 2. The van der Waals surface area contributed by atoms with Crippen LogP contribution < -0.4 is 0 Å². The molecule has 0 saturated heterocycles. The second-order valence-electron chi connectivity index (χ2n) is 5.02. The molecule has 5 nitrogen and oxygen atoms in total. The number of carbonyl (C=O) groups is 3. The molecule has 1 aliphatic rings. The third-order valence-electron chi connectivity index (χ3n) is 3.78. The standard InChI is InChI=1S/C15H22O5/c1-4-5-6-11-7-9-15(13(11)17,14(18)20-3)10-8-12(16)19-2/h7H,4-6,8-10H2,1-3H3. The Hall–Kier alpha value is -1.65. The van der Waals surface area contributed by atoms with Gasteiger partial charge in [0.05, 0.1) is 14.2 Å². The fourth-order valence-electron chi connectivity index (χ4n) is 2.48. The first kappa shape index (κ1) is 16.4. The lowest BCUT2D eigenvalue weighted by Gasteiger charge is -2.24. The molecular weight excluding hydrogens is 260 g/mol. The monoisotopic (exact) mass is 282 g/mol. The highest BCUT2D eigenvalue weighted by molar-refractivity contribution is 6.14. The zero-order chi connectivity index (χ0) is 15.2. The lowest BCUT2D eigenvalue weighted by atomic mass is 9.78. The number of hydrogen-bond acceptors (Lipinski definition) is 5. The van der Waals surface area contributed by atoms with Crippen LogP contribution in [-0.4, -0.2) is 31.9 Å². The zero-order valence-corrected chi connectivity index (χ0v) is 12.4. The van der Waals surface area contributed by atoms with E-state index in [1.807, 2.05) is 13.0 Å². The molecular formula is C15H22O5. The molecule has 20 heavy (non-hydrogen) atoms. The number of ketones is 1. The van der Waals surface area contributed by atoms with Crippen LogP contribution in [0.25, 0.3) is 0 Å². The van der Waals surface area contributed by atoms with Crippen molar-refractivity contribution in [3.8, 4) is 0 Å². The number of rotatable bonds is 7. The van der Waals surface area contributed by atoms with Crippen LogP contribution in [0.4, 0.5) is 0 Å². The van der Waals surface area contributed by atoms with Gasteiger partial charge in [0, 0.05) is 6.42 Å². The predicted octanol–water partition coefficient (Wildman–Crippen LogP) is 2.19. The molecule has 0 aromatic rings. The third-order valence-corrected chi connectivity index (χ3v) is 3.78. The van der Waals surface area contributed by atoms with E-state index in [9.17, 15) is 14.4 Å². The fraction of sp³-hybridized carbons (Fsp3) is 0.667. The Labute approximate surface area is 119 Å². The molecule has 1 rings (SSSR count). The molecule has 0 aliphatic heterocycles. The number of methoxy groups -OCH3 is 2. The van der Waals surface area contributed by atoms with Gasteiger partial charge in [-0.15, -0.1) is 0 Å². The molecule has 1 atom stereocenters. The number of hydrogen-bond donors (Lipinski definition) is 0. The van der Waals surface area contributed by atoms with Crippen molar-refractivity contribution < 1.29 is 23.9 Å². The summed E-state index contributed by atoms with van der Waals surface area (Å²) in [7, 11) is 2.55. The summed E-state index contributed by atoms with van der Waals surface area (Å²) in [5.74, 6) is -1.18. The molecule has 0 radical (unpaired) electrons. The Morgan fingerprint density at radius 3 is 2.55 bits per heavy atom. The van der Waals surface area contributed by atoms with Gasteiger partial charge in [-0.25, -0.2) is 0 Å². The summed E-state index contributed by atoms with van der Waals surface area (Å²) < 4.78 is 9.36. The van der Waals surface area contributed by atoms with Crippen molar-refractivity contribution in [3.63, 3.8) is 0 Å². The van der Waals surface area contributed by atoms with E-state index < -0.39 is 17.4 Å². The first-order valence-corrected chi connectivity index (χ1v) is 6.91. The molecule has 0 N–H and O–H groups in total. The summed E-state index contributed by atoms with van der Waals surface area (Å²) in [6, 6.07) is 0. The maximum absolute atomic E-state index is 12.5. The van der Waals surface area contributed by atoms with Gasteiger partial charge in [-0.1, -0.05) is 19.4 Å². The Kier molecular flexibility index (Phi) is 5.92. The minimum Gasteiger partial charge on any atom is -0.469 e. The van der Waals surface area contributed by atoms with Gasteiger partial charge in [0.1, 0.15) is 5.41 Å². The van der Waals surface area contributed by atoms with Crippen LogP contribution in [-0.2, 0) is 23.9 Å². The predicted molar refractivity (Wildman–Crippen MR) is 72.9 cm³/mol. The van der Waals surface area contributed by atoms with Crippen LogP contribution in [0.3, 0.4) is 0 Å². The van der Waals surface area contributed by atoms with E-state index in [1.54, 1.807) is 0 Å². The second kappa shape index (κ2) is 7.22. The second-order valence-corrected chi connectivity index (χ2v) is 5.02. The van der Waals surface area contributed by atoms with Gasteiger partial charge in [-0.05, 0) is 31.3 Å². The van der Waals surface area contributed by atoms with Crippen LogP contribution in [0.2, 0.25) is 0 Å². The van der Waals surface area contributed by atoms with Gasteiger partial charge >= 0.3 is 11.9 Å². The van der Waals surface area contributed by atoms with Gasteiger partial charge in [-0.3, -0.25) is 14.4 Å². The molecule has 0 aromatic heterocycles. The summed E-state index contributed by atoms with van der Waals surface area (Å²) in [5, 5.41) is 0. The summed E-state index contributed by atoms with van der Waals surface area (Å²) >= 11 is 0. The van der Waals surface area contributed by atoms with Crippen molar-refractivity contribution in [1.82, 2.24) is 0 Å². The van der Waals surface area contributed by atoms with Gasteiger partial charge in [-0.2, -0.15) is 0 Å². The van der Waals surface area contributed by atoms with E-state index >= 15 is 0 Å². The minimum absolute atomic E-state index is 0.0340. The number of carbonyl (C=O) groups excluding carboxylic acids is 3. The van der Waals surface area contributed by atoms with Crippen LogP contribution >= 0.6 is 0 Å². The average Bonchev–Trinajstić information content (AvgIpc) is 2.79. The maximum Gasteiger partial charge on any atom is 0.320 e. The van der Waals surface area contributed by atoms with Crippen LogP contribution in [0.1, 0.15) is 45.4 Å². The van der Waals surface area contributed by atoms with E-state index in [4.69, 9.17) is 4.74 Å². The van der Waals surface area contributed by atoms with Crippen molar-refractivity contribution in [3.05, 3.63) is 11.6 Å². The highest BCUT2D eigenvalue weighted by Gasteiger charge is 2.50. The van der Waals surface area contributed by atoms with E-state index in [2.05, 4.69) is 4.74 Å². The number of allylic oxidation sites excluding steroid dienone is 2. The summed E-state index contributed by atoms with van der Waals surface area (Å²) in [5.41, 5.74) is -0.548. The lowest BCUT2D eigenvalue weighted by Crippen LogP contribution is -2.38. The molecule has 0 bridgehead atoms. The number of unbranched alkanes of at least 4 members (excludes halogenated alkanes) is 1. The SMILES string of the molecule is CCCCC1=CCC(CCC(=O)OC)(C(=O)OC)C1=O. The highest BCUT2D eigenvalue weighted by atomic mass is 16.5. The molecule has 0 amide bonds. The van der Waals surface area contributed by atoms with Crippen LogP contribution in [0, 0.1) is 5.41 Å². The average molecular weight is 282 g/mol. The molecule has 112 valence electrons. The quantitative estimate of drug-likeness (QED) is 0.529. The minimum atomic E-state index is -1.23. The van der Waals surface area contributed by atoms with Crippen molar-refractivity contribution >= 4 is 17.7 Å². The van der Waals surface area contributed by atoms with Crippen molar-refractivity contribution in [2.45, 2.75) is 45.4 Å². The number of esters is 2. The molecule has 0 spiro atoms. The zero-order valence-electron chi connectivity index (χ0n) is 12.4. The number of Topliss-reactive ketones (excluding diaryl/α,β-unsaturated/α-hetero) is 1. The molecule has 0 fully saturated rings. The van der Waals surface area contributed by atoms with Gasteiger partial charge in [0.2, 0.25) is 0 Å². The molecule has 1 aliphatic carbocycles. The third kappa shape index (κ3) is 3.26. The van der Waals surface area contributed by atoms with Gasteiger partial charge in [0.25, 0.3) is 0 Å². The molecule has 0 heterocycles. The largest absolute Gasteiger partial charge is 0.469 e. The van der Waals surface area contributed by atoms with E-state index in [-0.39, 0.29) is 18.6 Å². The Balaban J connectivity index is 2.85. The van der Waals surface area contributed by atoms with Gasteiger partial charge in [0.15, 0.2) is 5.78 Å². The van der Waals surface area contributed by atoms with E-state index in [1.165, 1.54) is 14.2 Å². The van der Waals surface area contributed by atoms with E-state index in [0.717, 1.165) is 12.8 Å². The first-order valence-electron chi connectivity index (χ1n) is 6.91. The molecule has 0 saturated carbocycles. The Bertz CT molecular complexity index is 424. The molecule has 1 unspecified atom stereocenters. The van der Waals surface area contributed by atoms with Crippen LogP contribution in [0.15, 0.2) is 11.6 Å². The van der Waals surface area contributed by atoms with Crippen LogP contribution in [0.5, 0.6) is 0 Å². The lowest BCUT2D eigenvalue weighted by molar-refractivity contribution is -0.157. The highest BCUT2D eigenvalue weighted by Crippen LogP contribution is 2.41. The molecule has 5 heteroatoms. The van der Waals surface area contributed by atoms with Crippen molar-refractivity contribution in [2.75, 3.05) is 14.2 Å². The van der Waals surface area contributed by atoms with Gasteiger partial charge < -0.3 is 9.47 Å². The summed E-state index contributed by atoms with van der Waals surface area (Å²) in [6.45, 7) is 2.05. The topological polar surface area (TPSA) is 69.7 Å². The normalized spacial score (nSPS) is 21.6. The first-order chi connectivity index (χ1) is 9.51. The van der Waals surface area contributed by atoms with Crippen molar-refractivity contribution in [1.29, 1.82) is 0 Å². The van der Waals surface area contributed by atoms with Crippen molar-refractivity contribution in [2.24, 2.45) is 5.41 Å². The smallest absolute Gasteiger partial charge is 0.320 e. The maximum atomic E-state index is 12.5. The molecule has 0 aromatic carbocycles. The summed E-state index contributed by atoms with van der Waals surface area (Å²) in [6.07, 6.45) is 4.86. The van der Waals surface area contributed by atoms with E-state index in [0.29, 0.717) is 18.4 Å².